The number of piperidine rings is 1. The fraction of sp³-hybridized carbons (Fsp3) is 0.633. The maximum absolute atomic E-state index is 13.9. The van der Waals surface area contributed by atoms with Gasteiger partial charge in [0, 0.05) is 56.0 Å². The maximum atomic E-state index is 13.9. The molecule has 1 saturated carbocycles. The van der Waals surface area contributed by atoms with Gasteiger partial charge in [0.2, 0.25) is 17.7 Å². The molecule has 1 saturated heterocycles. The van der Waals surface area contributed by atoms with Crippen LogP contribution in [0.15, 0.2) is 12.1 Å². The number of nitrogens with zero attached hydrogens (tertiary/aromatic N) is 3. The molecule has 1 aromatic carbocycles. The summed E-state index contributed by atoms with van der Waals surface area (Å²) in [5.41, 5.74) is 2.89. The number of aromatic nitrogens is 2. The maximum Gasteiger partial charge on any atom is 0.245 e. The van der Waals surface area contributed by atoms with E-state index in [2.05, 4.69) is 41.0 Å². The fourth-order valence-corrected chi connectivity index (χ4v) is 6.56. The minimum absolute atomic E-state index is 0.0353. The second-order valence-electron chi connectivity index (χ2n) is 12.3. The molecule has 3 heterocycles. The summed E-state index contributed by atoms with van der Waals surface area (Å²) in [5, 5.41) is 14.7. The molecule has 40 heavy (non-hydrogen) atoms. The molecule has 216 valence electrons. The van der Waals surface area contributed by atoms with Crippen molar-refractivity contribution in [1.29, 1.82) is 0 Å². The zero-order valence-electron chi connectivity index (χ0n) is 24.1. The van der Waals surface area contributed by atoms with E-state index in [1.165, 1.54) is 6.92 Å². The van der Waals surface area contributed by atoms with Gasteiger partial charge in [-0.25, -0.2) is 0 Å². The number of carbonyl (C=O) groups excluding carboxylic acids is 4. The molecule has 2 aliphatic heterocycles. The van der Waals surface area contributed by atoms with Gasteiger partial charge in [-0.3, -0.25) is 23.9 Å². The minimum atomic E-state index is -0.590. The number of anilines is 1. The lowest BCUT2D eigenvalue weighted by atomic mass is 9.98. The molecule has 10 heteroatoms. The summed E-state index contributed by atoms with van der Waals surface area (Å²) in [6, 6.07) is 3.40. The van der Waals surface area contributed by atoms with Gasteiger partial charge in [0.05, 0.1) is 5.52 Å². The van der Waals surface area contributed by atoms with Crippen molar-refractivity contribution in [2.24, 2.45) is 11.3 Å². The number of carbonyl (C=O) groups is 4. The van der Waals surface area contributed by atoms with E-state index in [1.54, 1.807) is 16.6 Å². The van der Waals surface area contributed by atoms with Crippen molar-refractivity contribution in [3.63, 3.8) is 0 Å². The third-order valence-corrected chi connectivity index (χ3v) is 8.75. The van der Waals surface area contributed by atoms with E-state index in [1.807, 2.05) is 6.07 Å². The number of benzene rings is 1. The zero-order chi connectivity index (χ0) is 28.6. The van der Waals surface area contributed by atoms with Crippen molar-refractivity contribution in [3.8, 4) is 0 Å². The quantitative estimate of drug-likeness (QED) is 0.492. The lowest BCUT2D eigenvalue weighted by molar-refractivity contribution is -0.140. The topological polar surface area (TPSA) is 125 Å². The predicted molar refractivity (Wildman–Crippen MR) is 153 cm³/mol. The Bertz CT molecular complexity index is 1330. The van der Waals surface area contributed by atoms with Crippen molar-refractivity contribution >= 4 is 40.1 Å². The van der Waals surface area contributed by atoms with Gasteiger partial charge in [-0.15, -0.1) is 0 Å². The van der Waals surface area contributed by atoms with Crippen LogP contribution in [0.25, 0.3) is 10.9 Å². The molecule has 10 nitrogen and oxygen atoms in total. The van der Waals surface area contributed by atoms with Gasteiger partial charge in [-0.1, -0.05) is 26.7 Å². The first-order valence-corrected chi connectivity index (χ1v) is 14.7. The molecular weight excluding hydrogens is 508 g/mol. The second-order valence-corrected chi connectivity index (χ2v) is 12.3. The largest absolute Gasteiger partial charge is 0.385 e. The molecule has 3 aliphatic rings. The van der Waals surface area contributed by atoms with Crippen LogP contribution in [0, 0.1) is 11.3 Å². The highest BCUT2D eigenvalue weighted by Gasteiger charge is 2.67. The number of hydrogen-bond donors (Lipinski definition) is 3. The Morgan fingerprint density at radius 3 is 2.58 bits per heavy atom. The van der Waals surface area contributed by atoms with Crippen molar-refractivity contribution < 1.29 is 19.2 Å². The molecule has 0 radical (unpaired) electrons. The van der Waals surface area contributed by atoms with Crippen LogP contribution in [-0.4, -0.2) is 70.4 Å². The van der Waals surface area contributed by atoms with Crippen molar-refractivity contribution in [2.75, 3.05) is 25.5 Å². The Hall–Kier alpha value is -3.43. The van der Waals surface area contributed by atoms with Gasteiger partial charge in [0.1, 0.15) is 18.3 Å². The number of Topliss-reactive ketones (excluding diaryl/α,β-unsaturated/α-hetero) is 1. The fourth-order valence-electron chi connectivity index (χ4n) is 6.56. The molecular formula is C30H42N6O4. The Balaban J connectivity index is 1.56. The van der Waals surface area contributed by atoms with Crippen molar-refractivity contribution in [2.45, 2.75) is 90.8 Å². The van der Waals surface area contributed by atoms with E-state index in [0.29, 0.717) is 31.0 Å². The molecule has 3 N–H and O–H groups in total. The molecule has 3 atom stereocenters. The van der Waals surface area contributed by atoms with Crippen LogP contribution in [0.3, 0.4) is 0 Å². The number of aryl methyl sites for hydroxylation is 1. The van der Waals surface area contributed by atoms with E-state index < -0.39 is 6.04 Å². The molecule has 5 rings (SSSR count). The van der Waals surface area contributed by atoms with Crippen LogP contribution in [0.1, 0.15) is 81.8 Å². The average molecular weight is 551 g/mol. The summed E-state index contributed by atoms with van der Waals surface area (Å²) in [4.78, 5) is 53.8. The van der Waals surface area contributed by atoms with Gasteiger partial charge in [-0.05, 0) is 55.7 Å². The average Bonchev–Trinajstić information content (AvgIpc) is 3.33. The molecule has 0 spiro atoms. The summed E-state index contributed by atoms with van der Waals surface area (Å²) >= 11 is 0. The van der Waals surface area contributed by atoms with Crippen LogP contribution in [0.2, 0.25) is 0 Å². The SMILES string of the molecule is CNC(=O)[C@@H]1C[C@]23CNC(=O)CCCCCCc4cc(NCC(C)C)cc5c(C(C)=O)nn(c45)CC(=O)N1[C@@H]2C3. The summed E-state index contributed by atoms with van der Waals surface area (Å²) in [6.07, 6.45) is 6.24. The molecule has 3 amide bonds. The van der Waals surface area contributed by atoms with E-state index in [0.717, 1.165) is 67.2 Å². The third-order valence-electron chi connectivity index (χ3n) is 8.75. The van der Waals surface area contributed by atoms with Gasteiger partial charge < -0.3 is 20.9 Å². The van der Waals surface area contributed by atoms with Crippen LogP contribution in [0.5, 0.6) is 0 Å². The van der Waals surface area contributed by atoms with Crippen molar-refractivity contribution in [1.82, 2.24) is 25.3 Å². The Morgan fingerprint density at radius 2 is 1.88 bits per heavy atom. The molecule has 1 aliphatic carbocycles. The molecule has 1 aromatic heterocycles. The summed E-state index contributed by atoms with van der Waals surface area (Å²) in [7, 11) is 1.58. The Labute approximate surface area is 235 Å². The van der Waals surface area contributed by atoms with Gasteiger partial charge in [0.25, 0.3) is 0 Å². The summed E-state index contributed by atoms with van der Waals surface area (Å²) in [5.74, 6) is -0.0484. The Morgan fingerprint density at radius 1 is 1.12 bits per heavy atom. The molecule has 2 bridgehead atoms. The predicted octanol–water partition coefficient (Wildman–Crippen LogP) is 3.04. The van der Waals surface area contributed by atoms with Gasteiger partial charge in [0.15, 0.2) is 5.78 Å². The van der Waals surface area contributed by atoms with Crippen LogP contribution >= 0.6 is 0 Å². The van der Waals surface area contributed by atoms with Gasteiger partial charge >= 0.3 is 0 Å². The van der Waals surface area contributed by atoms with Crippen molar-refractivity contribution in [3.05, 3.63) is 23.4 Å². The second kappa shape index (κ2) is 11.2. The minimum Gasteiger partial charge on any atom is -0.385 e. The van der Waals surface area contributed by atoms with Crippen LogP contribution in [0.4, 0.5) is 5.69 Å². The summed E-state index contributed by atoms with van der Waals surface area (Å²) in [6.45, 7) is 7.02. The summed E-state index contributed by atoms with van der Waals surface area (Å²) < 4.78 is 1.68. The Kier molecular flexibility index (Phi) is 7.88. The first-order valence-electron chi connectivity index (χ1n) is 14.7. The van der Waals surface area contributed by atoms with E-state index in [4.69, 9.17) is 0 Å². The standard InChI is InChI=1S/C30H42N6O4/c1-18(2)15-32-21-11-20-9-7-5-6-8-10-25(38)33-17-30-13-23(29(40)31-4)36(24(30)14-30)26(39)16-35-28(20)22(12-21)27(34-35)19(3)37/h11-12,18,23-24,32H,5-10,13-17H2,1-4H3,(H,31,40)(H,33,38)/t23-,24+,30-/m0/s1. The first kappa shape index (κ1) is 28.1. The third kappa shape index (κ3) is 5.45. The number of amides is 3. The van der Waals surface area contributed by atoms with Crippen LogP contribution < -0.4 is 16.0 Å². The highest BCUT2D eigenvalue weighted by atomic mass is 16.2. The van der Waals surface area contributed by atoms with E-state index in [-0.39, 0.29) is 41.5 Å². The number of likely N-dealkylation sites (N-methyl/N-ethyl adjacent to an activating group) is 1. The number of ketones is 1. The lowest BCUT2D eigenvalue weighted by Crippen LogP contribution is -2.48. The van der Waals surface area contributed by atoms with Crippen LogP contribution in [-0.2, 0) is 27.3 Å². The number of rotatable bonds is 5. The highest BCUT2D eigenvalue weighted by Crippen LogP contribution is 2.59. The number of hydrogen-bond acceptors (Lipinski definition) is 6. The number of nitrogens with one attached hydrogen (secondary N) is 3. The molecule has 2 fully saturated rings. The smallest absolute Gasteiger partial charge is 0.245 e. The highest BCUT2D eigenvalue weighted by molar-refractivity contribution is 6.06. The molecule has 0 unspecified atom stereocenters. The van der Waals surface area contributed by atoms with E-state index >= 15 is 0 Å². The first-order chi connectivity index (χ1) is 19.1. The zero-order valence-corrected chi connectivity index (χ0v) is 24.1. The monoisotopic (exact) mass is 550 g/mol. The lowest BCUT2D eigenvalue weighted by Gasteiger charge is -2.26. The normalized spacial score (nSPS) is 25.4. The molecule has 2 aromatic rings. The van der Waals surface area contributed by atoms with E-state index in [9.17, 15) is 19.2 Å². The van der Waals surface area contributed by atoms with Gasteiger partial charge in [-0.2, -0.15) is 5.10 Å².